The first-order valence-corrected chi connectivity index (χ1v) is 14.2. The van der Waals surface area contributed by atoms with Gasteiger partial charge in [-0.15, -0.1) is 0 Å². The van der Waals surface area contributed by atoms with Crippen LogP contribution in [-0.2, 0) is 31.9 Å². The first-order valence-electron chi connectivity index (χ1n) is 12.3. The minimum Gasteiger partial charge on any atom is -0.370 e. The van der Waals surface area contributed by atoms with Crippen molar-refractivity contribution in [2.75, 3.05) is 25.9 Å². The third-order valence-corrected chi connectivity index (χ3v) is 7.25. The van der Waals surface area contributed by atoms with Crippen molar-refractivity contribution in [1.29, 1.82) is 0 Å². The normalized spacial score (nSPS) is 19.6. The summed E-state index contributed by atoms with van der Waals surface area (Å²) in [6, 6.07) is 10.4. The van der Waals surface area contributed by atoms with Crippen molar-refractivity contribution in [2.45, 2.75) is 56.7 Å². The van der Waals surface area contributed by atoms with Crippen molar-refractivity contribution in [3.63, 3.8) is 0 Å². The molecule has 3 rings (SSSR count). The van der Waals surface area contributed by atoms with Crippen LogP contribution in [0.25, 0.3) is 0 Å². The molecule has 1 fully saturated rings. The van der Waals surface area contributed by atoms with E-state index in [4.69, 9.17) is 4.74 Å². The number of likely N-dealkylation sites (tertiary alicyclic amines) is 1. The minimum atomic E-state index is -4.97. The molecule has 39 heavy (non-hydrogen) atoms. The van der Waals surface area contributed by atoms with Gasteiger partial charge in [0.2, 0.25) is 15.9 Å². The summed E-state index contributed by atoms with van der Waals surface area (Å²) in [5.41, 5.74) is -2.26. The molecule has 1 aliphatic rings. The lowest BCUT2D eigenvalue weighted by molar-refractivity contribution is -0.143. The molecule has 6 nitrogen and oxygen atoms in total. The van der Waals surface area contributed by atoms with Crippen molar-refractivity contribution in [3.05, 3.63) is 70.8 Å². The van der Waals surface area contributed by atoms with Gasteiger partial charge in [0.25, 0.3) is 0 Å². The molecule has 2 aromatic carbocycles. The maximum Gasteiger partial charge on any atom is 0.416 e. The number of ether oxygens (including phenoxy) is 1. The molecule has 0 bridgehead atoms. The molecular weight excluding hydrogens is 550 g/mol. The fourth-order valence-corrected chi connectivity index (χ4v) is 5.07. The Morgan fingerprint density at radius 2 is 1.64 bits per heavy atom. The Labute approximate surface area is 223 Å². The van der Waals surface area contributed by atoms with E-state index in [1.807, 2.05) is 12.1 Å². The number of rotatable bonds is 9. The first-order chi connectivity index (χ1) is 18.0. The Hall–Kier alpha value is -2.64. The van der Waals surface area contributed by atoms with Crippen molar-refractivity contribution in [3.8, 4) is 0 Å². The maximum atomic E-state index is 13.4. The number of nitrogens with one attached hydrogen (secondary N) is 1. The number of benzene rings is 2. The molecule has 0 radical (unpaired) electrons. The SMILES string of the molecule is C[C@@H](O[C@H]1CCN(C(=O)CCCNS(C)(=O)=O)C[C@H]1c1ccccc1)c1cc(C(F)(F)F)cc(C(F)(F)F)c1. The molecule has 216 valence electrons. The van der Waals surface area contributed by atoms with Gasteiger partial charge in [-0.2, -0.15) is 26.3 Å². The second-order valence-corrected chi connectivity index (χ2v) is 11.4. The van der Waals surface area contributed by atoms with Gasteiger partial charge < -0.3 is 9.64 Å². The lowest BCUT2D eigenvalue weighted by Crippen LogP contribution is -2.46. The van der Waals surface area contributed by atoms with Gasteiger partial charge in [-0.25, -0.2) is 13.1 Å². The van der Waals surface area contributed by atoms with Crippen LogP contribution in [0.5, 0.6) is 0 Å². The van der Waals surface area contributed by atoms with Crippen molar-refractivity contribution in [2.24, 2.45) is 0 Å². The van der Waals surface area contributed by atoms with Crippen molar-refractivity contribution >= 4 is 15.9 Å². The minimum absolute atomic E-state index is 0.0819. The second-order valence-electron chi connectivity index (χ2n) is 9.57. The van der Waals surface area contributed by atoms with Gasteiger partial charge in [0.05, 0.1) is 29.6 Å². The number of carbonyl (C=O) groups excluding carboxylic acids is 1. The number of nitrogens with zero attached hydrogens (tertiary/aromatic N) is 1. The van der Waals surface area contributed by atoms with Crippen LogP contribution in [0.4, 0.5) is 26.3 Å². The molecule has 0 unspecified atom stereocenters. The molecule has 2 aromatic rings. The Bertz CT molecular complexity index is 1200. The highest BCUT2D eigenvalue weighted by molar-refractivity contribution is 7.88. The molecule has 0 aromatic heterocycles. The van der Waals surface area contributed by atoms with E-state index in [0.29, 0.717) is 25.0 Å². The van der Waals surface area contributed by atoms with Crippen LogP contribution in [0.2, 0.25) is 0 Å². The summed E-state index contributed by atoms with van der Waals surface area (Å²) >= 11 is 0. The standard InChI is InChI=1S/C26H30F6N2O4S/c1-17(19-13-20(25(27,28)29)15-21(14-19)26(30,31)32)38-23-10-12-34(16-22(23)18-7-4-3-5-8-18)24(35)9-6-11-33-39(2,36)37/h3-5,7-8,13-15,17,22-23,33H,6,9-12,16H2,1-2H3/t17-,22+,23+/m1/s1. The van der Waals surface area contributed by atoms with Gasteiger partial charge in [0.1, 0.15) is 0 Å². The fraction of sp³-hybridized carbons (Fsp3) is 0.500. The Balaban J connectivity index is 1.78. The van der Waals surface area contributed by atoms with Crippen molar-refractivity contribution < 1.29 is 44.3 Å². The second kappa shape index (κ2) is 12.3. The smallest absolute Gasteiger partial charge is 0.370 e. The fourth-order valence-electron chi connectivity index (χ4n) is 4.55. The number of amides is 1. The third kappa shape index (κ3) is 8.94. The molecule has 1 heterocycles. The Morgan fingerprint density at radius 3 is 2.18 bits per heavy atom. The average molecular weight is 581 g/mol. The molecule has 1 saturated heterocycles. The van der Waals surface area contributed by atoms with Crippen LogP contribution in [0, 0.1) is 0 Å². The quantitative estimate of drug-likeness (QED) is 0.313. The summed E-state index contributed by atoms with van der Waals surface area (Å²) < 4.78 is 111. The molecule has 3 atom stereocenters. The summed E-state index contributed by atoms with van der Waals surface area (Å²) in [4.78, 5) is 14.4. The largest absolute Gasteiger partial charge is 0.416 e. The van der Waals surface area contributed by atoms with E-state index in [1.165, 1.54) is 6.92 Å². The molecule has 1 amide bonds. The number of hydrogen-bond acceptors (Lipinski definition) is 4. The number of alkyl halides is 6. The van der Waals surface area contributed by atoms with Crippen LogP contribution < -0.4 is 4.72 Å². The predicted octanol–water partition coefficient (Wildman–Crippen LogP) is 5.52. The molecule has 0 saturated carbocycles. The van der Waals surface area contributed by atoms with E-state index < -0.39 is 45.7 Å². The number of sulfonamides is 1. The van der Waals surface area contributed by atoms with E-state index >= 15 is 0 Å². The topological polar surface area (TPSA) is 75.7 Å². The first kappa shape index (κ1) is 30.9. The lowest BCUT2D eigenvalue weighted by atomic mass is 9.87. The maximum absolute atomic E-state index is 13.4. The highest BCUT2D eigenvalue weighted by Crippen LogP contribution is 2.39. The molecule has 1 N–H and O–H groups in total. The Morgan fingerprint density at radius 1 is 1.05 bits per heavy atom. The van der Waals surface area contributed by atoms with Crippen LogP contribution in [0.3, 0.4) is 0 Å². The molecule has 0 spiro atoms. The van der Waals surface area contributed by atoms with E-state index in [-0.39, 0.29) is 49.5 Å². The van der Waals surface area contributed by atoms with Gasteiger partial charge in [-0.3, -0.25) is 4.79 Å². The zero-order valence-corrected chi connectivity index (χ0v) is 22.2. The van der Waals surface area contributed by atoms with Gasteiger partial charge in [-0.1, -0.05) is 30.3 Å². The van der Waals surface area contributed by atoms with Crippen LogP contribution >= 0.6 is 0 Å². The van der Waals surface area contributed by atoms with Gasteiger partial charge >= 0.3 is 12.4 Å². The molecule has 0 aliphatic carbocycles. The van der Waals surface area contributed by atoms with Gasteiger partial charge in [-0.05, 0) is 49.1 Å². The van der Waals surface area contributed by atoms with Crippen molar-refractivity contribution in [1.82, 2.24) is 9.62 Å². The lowest BCUT2D eigenvalue weighted by Gasteiger charge is -2.40. The highest BCUT2D eigenvalue weighted by Gasteiger charge is 2.38. The van der Waals surface area contributed by atoms with E-state index in [1.54, 1.807) is 23.1 Å². The van der Waals surface area contributed by atoms with Gasteiger partial charge in [0, 0.05) is 32.0 Å². The summed E-state index contributed by atoms with van der Waals surface area (Å²) in [5.74, 6) is -0.571. The Kier molecular flexibility index (Phi) is 9.71. The summed E-state index contributed by atoms with van der Waals surface area (Å²) in [7, 11) is -3.37. The number of piperidine rings is 1. The number of hydrogen-bond donors (Lipinski definition) is 1. The van der Waals surface area contributed by atoms with Gasteiger partial charge in [0.15, 0.2) is 0 Å². The molecule has 13 heteroatoms. The summed E-state index contributed by atoms with van der Waals surface area (Å²) in [5, 5.41) is 0. The monoisotopic (exact) mass is 580 g/mol. The highest BCUT2D eigenvalue weighted by atomic mass is 32.2. The van der Waals surface area contributed by atoms with E-state index in [0.717, 1.165) is 11.8 Å². The zero-order chi connectivity index (χ0) is 29.0. The molecular formula is C26H30F6N2O4S. The van der Waals surface area contributed by atoms with E-state index in [2.05, 4.69) is 4.72 Å². The molecule has 1 aliphatic heterocycles. The van der Waals surface area contributed by atoms with E-state index in [9.17, 15) is 39.6 Å². The summed E-state index contributed by atoms with van der Waals surface area (Å²) in [6.45, 7) is 2.02. The zero-order valence-electron chi connectivity index (χ0n) is 21.3. The van der Waals surface area contributed by atoms with Crippen LogP contribution in [-0.4, -0.2) is 51.2 Å². The third-order valence-electron chi connectivity index (χ3n) is 6.52. The predicted molar refractivity (Wildman–Crippen MR) is 132 cm³/mol. The number of carbonyl (C=O) groups is 1. The van der Waals surface area contributed by atoms with Crippen LogP contribution in [0.1, 0.15) is 60.5 Å². The number of halogens is 6. The summed E-state index contributed by atoms with van der Waals surface area (Å²) in [6.07, 6.45) is -9.87. The van der Waals surface area contributed by atoms with Crippen LogP contribution in [0.15, 0.2) is 48.5 Å². The average Bonchev–Trinajstić information content (AvgIpc) is 2.85.